The number of aliphatic hydroxyl groups is 1. The highest BCUT2D eigenvalue weighted by molar-refractivity contribution is 7.86. The number of rotatable bonds is 6. The molecule has 0 atom stereocenters. The van der Waals surface area contributed by atoms with E-state index in [9.17, 15) is 13.2 Å². The number of hydrogen-bond donors (Lipinski definition) is 1. The van der Waals surface area contributed by atoms with Crippen molar-refractivity contribution in [3.8, 4) is 0 Å². The SMILES string of the molecule is CN(CCO)S(=O)(=O)N1CCN(C(=O)OCc2ccccc2)CC1. The quantitative estimate of drug-likeness (QED) is 0.780. The van der Waals surface area contributed by atoms with Gasteiger partial charge in [0.1, 0.15) is 6.61 Å². The third-order valence-electron chi connectivity index (χ3n) is 3.84. The summed E-state index contributed by atoms with van der Waals surface area (Å²) < 4.78 is 32.2. The molecule has 0 bridgehead atoms. The van der Waals surface area contributed by atoms with E-state index in [1.807, 2.05) is 30.3 Å². The van der Waals surface area contributed by atoms with E-state index < -0.39 is 16.3 Å². The van der Waals surface area contributed by atoms with Gasteiger partial charge in [-0.3, -0.25) is 0 Å². The van der Waals surface area contributed by atoms with E-state index in [1.165, 1.54) is 16.3 Å². The maximum Gasteiger partial charge on any atom is 0.410 e. The lowest BCUT2D eigenvalue weighted by Gasteiger charge is -2.35. The van der Waals surface area contributed by atoms with Crippen LogP contribution in [-0.4, -0.2) is 79.5 Å². The molecule has 0 saturated carbocycles. The summed E-state index contributed by atoms with van der Waals surface area (Å²) in [6.45, 7) is 0.970. The molecule has 9 heteroatoms. The van der Waals surface area contributed by atoms with Crippen LogP contribution < -0.4 is 0 Å². The van der Waals surface area contributed by atoms with Crippen molar-refractivity contribution in [1.29, 1.82) is 0 Å². The number of hydrogen-bond acceptors (Lipinski definition) is 5. The van der Waals surface area contributed by atoms with E-state index in [0.717, 1.165) is 9.87 Å². The number of aliphatic hydroxyl groups excluding tert-OH is 1. The van der Waals surface area contributed by atoms with Crippen LogP contribution in [0.4, 0.5) is 4.79 Å². The number of benzene rings is 1. The van der Waals surface area contributed by atoms with Gasteiger partial charge in [0, 0.05) is 39.8 Å². The zero-order chi connectivity index (χ0) is 17.6. The molecule has 8 nitrogen and oxygen atoms in total. The monoisotopic (exact) mass is 357 g/mol. The Morgan fingerprint density at radius 1 is 1.21 bits per heavy atom. The van der Waals surface area contributed by atoms with Crippen LogP contribution in [0, 0.1) is 0 Å². The van der Waals surface area contributed by atoms with Gasteiger partial charge in [0.25, 0.3) is 10.2 Å². The van der Waals surface area contributed by atoms with Crippen LogP contribution in [0.3, 0.4) is 0 Å². The van der Waals surface area contributed by atoms with Crippen LogP contribution in [0.25, 0.3) is 0 Å². The van der Waals surface area contributed by atoms with E-state index in [0.29, 0.717) is 0 Å². The van der Waals surface area contributed by atoms with E-state index in [4.69, 9.17) is 9.84 Å². The Morgan fingerprint density at radius 3 is 2.42 bits per heavy atom. The Labute approximate surface area is 142 Å². The van der Waals surface area contributed by atoms with Crippen LogP contribution in [0.1, 0.15) is 5.56 Å². The molecule has 1 aliphatic heterocycles. The van der Waals surface area contributed by atoms with E-state index in [2.05, 4.69) is 0 Å². The molecule has 1 heterocycles. The van der Waals surface area contributed by atoms with Gasteiger partial charge in [-0.05, 0) is 5.56 Å². The third-order valence-corrected chi connectivity index (χ3v) is 5.83. The average molecular weight is 357 g/mol. The number of carbonyl (C=O) groups is 1. The fourth-order valence-corrected chi connectivity index (χ4v) is 3.70. The largest absolute Gasteiger partial charge is 0.445 e. The summed E-state index contributed by atoms with van der Waals surface area (Å²) in [5, 5.41) is 8.87. The van der Waals surface area contributed by atoms with Crippen molar-refractivity contribution in [2.45, 2.75) is 6.61 Å². The molecule has 0 aliphatic carbocycles. The standard InChI is InChI=1S/C15H23N3O5S/c1-16(11-12-19)24(21,22)18-9-7-17(8-10-18)15(20)23-13-14-5-3-2-4-6-14/h2-6,19H,7-13H2,1H3. The summed E-state index contributed by atoms with van der Waals surface area (Å²) in [5.41, 5.74) is 0.901. The number of piperazine rings is 1. The van der Waals surface area contributed by atoms with Crippen LogP contribution in [0.2, 0.25) is 0 Å². The van der Waals surface area contributed by atoms with Crippen LogP contribution in [-0.2, 0) is 21.6 Å². The molecule has 0 radical (unpaired) electrons. The molecule has 1 aromatic carbocycles. The molecule has 1 aromatic rings. The summed E-state index contributed by atoms with van der Waals surface area (Å²) >= 11 is 0. The molecule has 134 valence electrons. The van der Waals surface area contributed by atoms with Gasteiger partial charge in [-0.25, -0.2) is 4.79 Å². The van der Waals surface area contributed by atoms with E-state index in [1.54, 1.807) is 0 Å². The normalized spacial score (nSPS) is 16.4. The fraction of sp³-hybridized carbons (Fsp3) is 0.533. The minimum absolute atomic E-state index is 0.0433. The predicted molar refractivity (Wildman–Crippen MR) is 88.4 cm³/mol. The molecule has 1 fully saturated rings. The zero-order valence-corrected chi connectivity index (χ0v) is 14.5. The number of amides is 1. The Hall–Kier alpha value is -1.68. The fourth-order valence-electron chi connectivity index (χ4n) is 2.37. The molecule has 1 aliphatic rings. The first-order valence-corrected chi connectivity index (χ1v) is 9.12. The first-order chi connectivity index (χ1) is 11.4. The van der Waals surface area contributed by atoms with Gasteiger partial charge in [0.15, 0.2) is 0 Å². The van der Waals surface area contributed by atoms with Gasteiger partial charge < -0.3 is 14.7 Å². The topological polar surface area (TPSA) is 90.4 Å². The summed E-state index contributed by atoms with van der Waals surface area (Å²) in [6, 6.07) is 9.37. The smallest absolute Gasteiger partial charge is 0.410 e. The van der Waals surface area contributed by atoms with Crippen LogP contribution in [0.5, 0.6) is 0 Å². The van der Waals surface area contributed by atoms with Crippen molar-refractivity contribution in [2.75, 3.05) is 46.4 Å². The number of nitrogens with zero attached hydrogens (tertiary/aromatic N) is 3. The molecular formula is C15H23N3O5S. The van der Waals surface area contributed by atoms with Crippen LogP contribution >= 0.6 is 0 Å². The lowest BCUT2D eigenvalue weighted by molar-refractivity contribution is 0.0830. The van der Waals surface area contributed by atoms with Crippen molar-refractivity contribution in [3.63, 3.8) is 0 Å². The average Bonchev–Trinajstić information content (AvgIpc) is 2.61. The second-order valence-electron chi connectivity index (χ2n) is 5.48. The molecule has 1 N–H and O–H groups in total. The highest BCUT2D eigenvalue weighted by Crippen LogP contribution is 2.12. The van der Waals surface area contributed by atoms with Crippen molar-refractivity contribution >= 4 is 16.3 Å². The zero-order valence-electron chi connectivity index (χ0n) is 13.7. The molecule has 1 saturated heterocycles. The third kappa shape index (κ3) is 4.67. The first-order valence-electron chi connectivity index (χ1n) is 7.73. The van der Waals surface area contributed by atoms with Gasteiger partial charge in [-0.1, -0.05) is 30.3 Å². The highest BCUT2D eigenvalue weighted by atomic mass is 32.2. The van der Waals surface area contributed by atoms with Gasteiger partial charge in [-0.2, -0.15) is 17.0 Å². The summed E-state index contributed by atoms with van der Waals surface area (Å²) in [4.78, 5) is 13.6. The van der Waals surface area contributed by atoms with Crippen molar-refractivity contribution < 1.29 is 23.1 Å². The van der Waals surface area contributed by atoms with Gasteiger partial charge in [-0.15, -0.1) is 0 Å². The van der Waals surface area contributed by atoms with Crippen molar-refractivity contribution in [3.05, 3.63) is 35.9 Å². The minimum Gasteiger partial charge on any atom is -0.445 e. The lowest BCUT2D eigenvalue weighted by atomic mass is 10.2. The second-order valence-corrected chi connectivity index (χ2v) is 7.51. The molecule has 0 unspecified atom stereocenters. The molecule has 0 spiro atoms. The first kappa shape index (κ1) is 18.7. The van der Waals surface area contributed by atoms with Crippen molar-refractivity contribution in [2.24, 2.45) is 0 Å². The number of ether oxygens (including phenoxy) is 1. The lowest BCUT2D eigenvalue weighted by Crippen LogP contribution is -2.53. The molecule has 2 rings (SSSR count). The van der Waals surface area contributed by atoms with Crippen LogP contribution in [0.15, 0.2) is 30.3 Å². The summed E-state index contributed by atoms with van der Waals surface area (Å²) in [5.74, 6) is 0. The summed E-state index contributed by atoms with van der Waals surface area (Å²) in [7, 11) is -2.18. The van der Waals surface area contributed by atoms with E-state index in [-0.39, 0.29) is 45.9 Å². The molecule has 0 aromatic heterocycles. The number of carbonyl (C=O) groups excluding carboxylic acids is 1. The number of likely N-dealkylation sites (N-methyl/N-ethyl adjacent to an activating group) is 1. The van der Waals surface area contributed by atoms with Crippen molar-refractivity contribution in [1.82, 2.24) is 13.5 Å². The Bertz CT molecular complexity index is 630. The predicted octanol–water partition coefficient (Wildman–Crippen LogP) is 0.110. The maximum absolute atomic E-state index is 12.3. The molecule has 24 heavy (non-hydrogen) atoms. The van der Waals surface area contributed by atoms with Gasteiger partial charge in [0.2, 0.25) is 0 Å². The summed E-state index contributed by atoms with van der Waals surface area (Å²) in [6.07, 6.45) is -0.445. The molecular weight excluding hydrogens is 334 g/mol. The van der Waals surface area contributed by atoms with E-state index >= 15 is 0 Å². The second kappa shape index (κ2) is 8.43. The minimum atomic E-state index is -3.60. The maximum atomic E-state index is 12.3. The molecule has 1 amide bonds. The Balaban J connectivity index is 1.82. The van der Waals surface area contributed by atoms with Gasteiger partial charge >= 0.3 is 6.09 Å². The Kier molecular flexibility index (Phi) is 6.55. The van der Waals surface area contributed by atoms with Gasteiger partial charge in [0.05, 0.1) is 6.61 Å². The Morgan fingerprint density at radius 2 is 1.83 bits per heavy atom. The highest BCUT2D eigenvalue weighted by Gasteiger charge is 2.31.